The summed E-state index contributed by atoms with van der Waals surface area (Å²) in [5.74, 6) is 2.41. The Morgan fingerprint density at radius 2 is 1.85 bits per heavy atom. The van der Waals surface area contributed by atoms with E-state index >= 15 is 0 Å². The molecule has 3 fully saturated rings. The maximum absolute atomic E-state index is 12.8. The molecule has 0 saturated heterocycles. The molecule has 4 rings (SSSR count). The molecular weight excluding hydrogens is 340 g/mol. The first kappa shape index (κ1) is 18.9. The molecule has 0 spiro atoms. The predicted molar refractivity (Wildman–Crippen MR) is 102 cm³/mol. The molecule has 0 aliphatic heterocycles. The lowest BCUT2D eigenvalue weighted by Crippen LogP contribution is -2.52. The van der Waals surface area contributed by atoms with Crippen molar-refractivity contribution in [2.75, 3.05) is 0 Å². The summed E-state index contributed by atoms with van der Waals surface area (Å²) < 4.78 is 5.42. The van der Waals surface area contributed by atoms with Crippen LogP contribution in [0.3, 0.4) is 0 Å². The maximum atomic E-state index is 12.8. The summed E-state index contributed by atoms with van der Waals surface area (Å²) in [4.78, 5) is 36.9. The van der Waals surface area contributed by atoms with Crippen molar-refractivity contribution >= 4 is 17.5 Å². The highest BCUT2D eigenvalue weighted by Crippen LogP contribution is 2.66. The van der Waals surface area contributed by atoms with Crippen LogP contribution < -0.4 is 0 Å². The summed E-state index contributed by atoms with van der Waals surface area (Å²) in [6.07, 6.45) is 6.98. The van der Waals surface area contributed by atoms with Crippen LogP contribution in [0, 0.1) is 34.5 Å². The molecule has 148 valence electrons. The summed E-state index contributed by atoms with van der Waals surface area (Å²) in [7, 11) is 0. The summed E-state index contributed by atoms with van der Waals surface area (Å²) in [5.41, 5.74) is 0.853. The molecular formula is C23H32O4. The Bertz CT molecular complexity index is 735. The lowest BCUT2D eigenvalue weighted by atomic mass is 9.46. The summed E-state index contributed by atoms with van der Waals surface area (Å²) in [5, 5.41) is 0. The topological polar surface area (TPSA) is 60.4 Å². The number of allylic oxidation sites excluding steroid dienone is 1. The average Bonchev–Trinajstić information content (AvgIpc) is 2.88. The normalized spacial score (nSPS) is 43.9. The van der Waals surface area contributed by atoms with Gasteiger partial charge in [-0.3, -0.25) is 14.4 Å². The number of rotatable bonds is 2. The van der Waals surface area contributed by atoms with Gasteiger partial charge < -0.3 is 4.74 Å². The van der Waals surface area contributed by atoms with Crippen LogP contribution in [0.1, 0.15) is 79.1 Å². The Morgan fingerprint density at radius 3 is 2.52 bits per heavy atom. The van der Waals surface area contributed by atoms with E-state index in [2.05, 4.69) is 20.8 Å². The maximum Gasteiger partial charge on any atom is 0.308 e. The van der Waals surface area contributed by atoms with Gasteiger partial charge in [0.2, 0.25) is 0 Å². The van der Waals surface area contributed by atoms with Crippen molar-refractivity contribution in [2.45, 2.75) is 79.1 Å². The third-order valence-corrected chi connectivity index (χ3v) is 8.69. The van der Waals surface area contributed by atoms with E-state index in [1.807, 2.05) is 0 Å². The highest BCUT2D eigenvalue weighted by molar-refractivity contribution is 5.97. The zero-order valence-electron chi connectivity index (χ0n) is 17.1. The fourth-order valence-electron chi connectivity index (χ4n) is 7.37. The van der Waals surface area contributed by atoms with Crippen molar-refractivity contribution in [1.29, 1.82) is 0 Å². The molecule has 0 amide bonds. The number of esters is 1. The van der Waals surface area contributed by atoms with Gasteiger partial charge in [-0.2, -0.15) is 0 Å². The van der Waals surface area contributed by atoms with Gasteiger partial charge in [0, 0.05) is 25.2 Å². The van der Waals surface area contributed by atoms with E-state index in [4.69, 9.17) is 4.74 Å². The molecule has 4 aliphatic carbocycles. The molecule has 0 unspecified atom stereocenters. The molecule has 3 saturated carbocycles. The van der Waals surface area contributed by atoms with Crippen LogP contribution in [-0.4, -0.2) is 17.5 Å². The fraction of sp³-hybridized carbons (Fsp3) is 0.783. The highest BCUT2D eigenvalue weighted by Gasteiger charge is 2.62. The van der Waals surface area contributed by atoms with Crippen LogP contribution in [0.25, 0.3) is 0 Å². The van der Waals surface area contributed by atoms with Gasteiger partial charge >= 0.3 is 5.97 Å². The van der Waals surface area contributed by atoms with Crippen LogP contribution in [0.4, 0.5) is 0 Å². The third kappa shape index (κ3) is 2.58. The lowest BCUT2D eigenvalue weighted by Gasteiger charge is -2.57. The van der Waals surface area contributed by atoms with Crippen LogP contribution in [0.15, 0.2) is 11.3 Å². The number of Topliss-reactive ketones (excluding diaryl/α,β-unsaturated/α-hetero) is 2. The Morgan fingerprint density at radius 1 is 1.11 bits per heavy atom. The lowest BCUT2D eigenvalue weighted by molar-refractivity contribution is -0.143. The zero-order chi connectivity index (χ0) is 19.6. The Kier molecular flexibility index (Phi) is 4.40. The smallest absolute Gasteiger partial charge is 0.308 e. The van der Waals surface area contributed by atoms with Gasteiger partial charge in [0.15, 0.2) is 11.5 Å². The minimum absolute atomic E-state index is 0.0146. The molecule has 4 nitrogen and oxygen atoms in total. The standard InChI is InChI=1S/C23H32O4/c1-5-14-12-19(26)23(4)10-8-16-15(20(14)23)6-7-17-21(27-13(2)24)18(25)9-11-22(16,17)3/h14-16,20H,5-12H2,1-4H3/t14-,15+,16-,20-,22+,23+/m0/s1. The molecule has 0 radical (unpaired) electrons. The van der Waals surface area contributed by atoms with Gasteiger partial charge in [-0.25, -0.2) is 0 Å². The second-order valence-corrected chi connectivity index (χ2v) is 9.83. The number of fused-ring (bicyclic) bond motifs is 5. The van der Waals surface area contributed by atoms with Crippen LogP contribution in [0.2, 0.25) is 0 Å². The summed E-state index contributed by atoms with van der Waals surface area (Å²) >= 11 is 0. The first-order valence-electron chi connectivity index (χ1n) is 10.7. The summed E-state index contributed by atoms with van der Waals surface area (Å²) in [6.45, 7) is 8.10. The molecule has 4 heteroatoms. The predicted octanol–water partition coefficient (Wildman–Crippen LogP) is 4.61. The van der Waals surface area contributed by atoms with Gasteiger partial charge in [0.05, 0.1) is 0 Å². The first-order chi connectivity index (χ1) is 12.7. The highest BCUT2D eigenvalue weighted by atomic mass is 16.5. The first-order valence-corrected chi connectivity index (χ1v) is 10.7. The average molecular weight is 373 g/mol. The van der Waals surface area contributed by atoms with Crippen LogP contribution in [0.5, 0.6) is 0 Å². The largest absolute Gasteiger partial charge is 0.423 e. The van der Waals surface area contributed by atoms with Crippen LogP contribution >= 0.6 is 0 Å². The Labute approximate surface area is 162 Å². The van der Waals surface area contributed by atoms with Crippen molar-refractivity contribution < 1.29 is 19.1 Å². The molecule has 0 bridgehead atoms. The number of hydrogen-bond acceptors (Lipinski definition) is 4. The van der Waals surface area contributed by atoms with Crippen molar-refractivity contribution in [3.8, 4) is 0 Å². The number of hydrogen-bond donors (Lipinski definition) is 0. The monoisotopic (exact) mass is 372 g/mol. The molecule has 0 aromatic carbocycles. The second kappa shape index (κ2) is 6.28. The molecule has 0 N–H and O–H groups in total. The quantitative estimate of drug-likeness (QED) is 0.664. The molecule has 0 aromatic heterocycles. The van der Waals surface area contributed by atoms with Gasteiger partial charge in [0.1, 0.15) is 5.78 Å². The molecule has 0 heterocycles. The van der Waals surface area contributed by atoms with E-state index < -0.39 is 5.97 Å². The van der Waals surface area contributed by atoms with E-state index in [-0.39, 0.29) is 16.6 Å². The van der Waals surface area contributed by atoms with E-state index in [0.717, 1.165) is 50.5 Å². The van der Waals surface area contributed by atoms with E-state index in [1.165, 1.54) is 6.92 Å². The van der Waals surface area contributed by atoms with Crippen molar-refractivity contribution in [1.82, 2.24) is 0 Å². The van der Waals surface area contributed by atoms with Crippen molar-refractivity contribution in [3.63, 3.8) is 0 Å². The van der Waals surface area contributed by atoms with Gasteiger partial charge in [-0.15, -0.1) is 0 Å². The minimum atomic E-state index is -0.402. The van der Waals surface area contributed by atoms with E-state index in [9.17, 15) is 14.4 Å². The second-order valence-electron chi connectivity index (χ2n) is 9.83. The Balaban J connectivity index is 1.74. The van der Waals surface area contributed by atoms with E-state index in [0.29, 0.717) is 41.6 Å². The van der Waals surface area contributed by atoms with Gasteiger partial charge in [-0.1, -0.05) is 27.2 Å². The number of carbonyl (C=O) groups is 3. The van der Waals surface area contributed by atoms with Crippen molar-refractivity contribution in [2.24, 2.45) is 34.5 Å². The number of carbonyl (C=O) groups excluding carboxylic acids is 3. The zero-order valence-corrected chi connectivity index (χ0v) is 17.1. The summed E-state index contributed by atoms with van der Waals surface area (Å²) in [6, 6.07) is 0. The Hall–Kier alpha value is -1.45. The fourth-order valence-corrected chi connectivity index (χ4v) is 7.37. The minimum Gasteiger partial charge on any atom is -0.423 e. The molecule has 0 aromatic rings. The molecule has 27 heavy (non-hydrogen) atoms. The van der Waals surface area contributed by atoms with Gasteiger partial charge in [-0.05, 0) is 66.8 Å². The molecule has 6 atom stereocenters. The number of ketones is 2. The number of ether oxygens (including phenoxy) is 1. The molecule has 4 aliphatic rings. The third-order valence-electron chi connectivity index (χ3n) is 8.69. The van der Waals surface area contributed by atoms with E-state index in [1.54, 1.807) is 0 Å². The van der Waals surface area contributed by atoms with Gasteiger partial charge in [0.25, 0.3) is 0 Å². The SMILES string of the molecule is CC[C@H]1CC(=O)[C@@]2(C)CC[C@H]3[C@@H](CCC4=C(OC(C)=O)C(=O)CC[C@@]43C)[C@H]12. The van der Waals surface area contributed by atoms with Crippen LogP contribution in [-0.2, 0) is 19.1 Å². The van der Waals surface area contributed by atoms with Crippen molar-refractivity contribution in [3.05, 3.63) is 11.3 Å².